The molecule has 0 saturated heterocycles. The van der Waals surface area contributed by atoms with Gasteiger partial charge in [-0.2, -0.15) is 5.10 Å². The van der Waals surface area contributed by atoms with Crippen LogP contribution in [0.25, 0.3) is 32.9 Å². The van der Waals surface area contributed by atoms with Crippen molar-refractivity contribution in [2.45, 2.75) is 6.54 Å². The van der Waals surface area contributed by atoms with Gasteiger partial charge in [0.1, 0.15) is 29.2 Å². The molecule has 2 aromatic heterocycles. The van der Waals surface area contributed by atoms with E-state index >= 15 is 0 Å². The fourth-order valence-electron chi connectivity index (χ4n) is 3.81. The number of aromatic nitrogens is 4. The van der Waals surface area contributed by atoms with Crippen molar-refractivity contribution in [1.82, 2.24) is 19.7 Å². The smallest absolute Gasteiger partial charge is 0.145 e. The van der Waals surface area contributed by atoms with Crippen molar-refractivity contribution in [2.75, 3.05) is 12.4 Å². The van der Waals surface area contributed by atoms with E-state index in [0.29, 0.717) is 23.6 Å². The minimum atomic E-state index is -0.272. The Morgan fingerprint density at radius 3 is 2.65 bits per heavy atom. The molecule has 5 aromatic rings. The summed E-state index contributed by atoms with van der Waals surface area (Å²) in [5.74, 6) is 1.07. The molecule has 6 nitrogen and oxygen atoms in total. The number of fused-ring (bicyclic) bond motifs is 2. The summed E-state index contributed by atoms with van der Waals surface area (Å²) in [5, 5.41) is 9.73. The van der Waals surface area contributed by atoms with Crippen molar-refractivity contribution in [1.29, 1.82) is 0 Å². The molecule has 0 fully saturated rings. The Hall–Kier alpha value is -4.00. The van der Waals surface area contributed by atoms with Crippen LogP contribution in [0.15, 0.2) is 67.1 Å². The van der Waals surface area contributed by atoms with Gasteiger partial charge < -0.3 is 10.1 Å². The van der Waals surface area contributed by atoms with Gasteiger partial charge in [0, 0.05) is 24.4 Å². The zero-order valence-corrected chi connectivity index (χ0v) is 17.1. The van der Waals surface area contributed by atoms with Crippen molar-refractivity contribution in [3.8, 4) is 16.9 Å². The molecule has 2 heterocycles. The summed E-state index contributed by atoms with van der Waals surface area (Å²) < 4.78 is 20.8. The standard InChI is InChI=1S/C24H20FN5O/c1-30-21-5-3-4-16(20(21)13-29-30)12-26-24-19-10-17(15-6-8-18(25)9-7-15)11-22(31-2)23(19)27-14-28-24/h3-11,13-14H,12H2,1-2H3,(H,26,27,28). The van der Waals surface area contributed by atoms with Crippen LogP contribution in [-0.4, -0.2) is 26.9 Å². The normalized spacial score (nSPS) is 11.2. The number of nitrogens with one attached hydrogen (secondary N) is 1. The van der Waals surface area contributed by atoms with Crippen LogP contribution in [0.2, 0.25) is 0 Å². The van der Waals surface area contributed by atoms with E-state index in [1.807, 2.05) is 42.2 Å². The molecule has 7 heteroatoms. The van der Waals surface area contributed by atoms with Crippen LogP contribution < -0.4 is 10.1 Å². The minimum absolute atomic E-state index is 0.272. The fraction of sp³-hybridized carbons (Fsp3) is 0.125. The van der Waals surface area contributed by atoms with E-state index in [2.05, 4.69) is 26.4 Å². The Labute approximate surface area is 178 Å². The van der Waals surface area contributed by atoms with Crippen molar-refractivity contribution < 1.29 is 9.13 Å². The zero-order valence-electron chi connectivity index (χ0n) is 17.1. The monoisotopic (exact) mass is 413 g/mol. The van der Waals surface area contributed by atoms with Gasteiger partial charge in [0.05, 0.1) is 18.8 Å². The summed E-state index contributed by atoms with van der Waals surface area (Å²) in [6.45, 7) is 0.582. The second-order valence-corrected chi connectivity index (χ2v) is 7.28. The highest BCUT2D eigenvalue weighted by Gasteiger charge is 2.13. The van der Waals surface area contributed by atoms with Crippen molar-refractivity contribution in [3.63, 3.8) is 0 Å². The average Bonchev–Trinajstić information content (AvgIpc) is 3.19. The van der Waals surface area contributed by atoms with E-state index in [1.54, 1.807) is 19.2 Å². The maximum atomic E-state index is 13.4. The number of aryl methyl sites for hydroxylation is 1. The Morgan fingerprint density at radius 2 is 1.84 bits per heavy atom. The molecule has 154 valence electrons. The number of hydrogen-bond acceptors (Lipinski definition) is 5. The van der Waals surface area contributed by atoms with E-state index < -0.39 is 0 Å². The maximum absolute atomic E-state index is 13.4. The summed E-state index contributed by atoms with van der Waals surface area (Å²) in [6, 6.07) is 16.4. The van der Waals surface area contributed by atoms with Crippen LogP contribution in [0.3, 0.4) is 0 Å². The van der Waals surface area contributed by atoms with E-state index in [1.165, 1.54) is 18.5 Å². The summed E-state index contributed by atoms with van der Waals surface area (Å²) >= 11 is 0. The molecule has 0 unspecified atom stereocenters. The molecule has 0 radical (unpaired) electrons. The number of halogens is 1. The number of ether oxygens (including phenoxy) is 1. The number of nitrogens with zero attached hydrogens (tertiary/aromatic N) is 4. The highest BCUT2D eigenvalue weighted by molar-refractivity contribution is 5.96. The number of benzene rings is 3. The molecule has 0 aliphatic heterocycles. The summed E-state index contributed by atoms with van der Waals surface area (Å²) in [6.07, 6.45) is 3.40. The molecule has 0 atom stereocenters. The van der Waals surface area contributed by atoms with Gasteiger partial charge in [-0.25, -0.2) is 14.4 Å². The van der Waals surface area contributed by atoms with Crippen molar-refractivity contribution >= 4 is 27.6 Å². The molecule has 0 amide bonds. The molecule has 31 heavy (non-hydrogen) atoms. The van der Waals surface area contributed by atoms with Gasteiger partial charge in [-0.1, -0.05) is 24.3 Å². The van der Waals surface area contributed by atoms with E-state index in [9.17, 15) is 4.39 Å². The zero-order chi connectivity index (χ0) is 21.4. The summed E-state index contributed by atoms with van der Waals surface area (Å²) in [7, 11) is 3.54. The molecular weight excluding hydrogens is 393 g/mol. The lowest BCUT2D eigenvalue weighted by Gasteiger charge is -2.13. The lowest BCUT2D eigenvalue weighted by molar-refractivity contribution is 0.419. The van der Waals surface area contributed by atoms with Gasteiger partial charge in [0.15, 0.2) is 0 Å². The van der Waals surface area contributed by atoms with Gasteiger partial charge in [-0.3, -0.25) is 4.68 Å². The first-order valence-corrected chi connectivity index (χ1v) is 9.86. The average molecular weight is 413 g/mol. The third-order valence-corrected chi connectivity index (χ3v) is 5.43. The second-order valence-electron chi connectivity index (χ2n) is 7.28. The molecule has 0 spiro atoms. The second kappa shape index (κ2) is 7.68. The van der Waals surface area contributed by atoms with E-state index in [-0.39, 0.29) is 5.82 Å². The largest absolute Gasteiger partial charge is 0.494 e. The van der Waals surface area contributed by atoms with Crippen LogP contribution in [0, 0.1) is 5.82 Å². The number of methoxy groups -OCH3 is 1. The third-order valence-electron chi connectivity index (χ3n) is 5.43. The highest BCUT2D eigenvalue weighted by Crippen LogP contribution is 2.34. The molecule has 0 saturated carbocycles. The fourth-order valence-corrected chi connectivity index (χ4v) is 3.81. The van der Waals surface area contributed by atoms with Crippen molar-refractivity contribution in [3.05, 3.63) is 78.5 Å². The van der Waals surface area contributed by atoms with Gasteiger partial charge >= 0.3 is 0 Å². The summed E-state index contributed by atoms with van der Waals surface area (Å²) in [5.41, 5.74) is 4.70. The first-order chi connectivity index (χ1) is 15.1. The number of hydrogen-bond donors (Lipinski definition) is 1. The van der Waals surface area contributed by atoms with Gasteiger partial charge in [0.2, 0.25) is 0 Å². The third kappa shape index (κ3) is 3.44. The number of rotatable bonds is 5. The maximum Gasteiger partial charge on any atom is 0.145 e. The predicted molar refractivity (Wildman–Crippen MR) is 120 cm³/mol. The molecular formula is C24H20FN5O. The Balaban J connectivity index is 1.56. The quantitative estimate of drug-likeness (QED) is 0.442. The Morgan fingerprint density at radius 1 is 1.00 bits per heavy atom. The first-order valence-electron chi connectivity index (χ1n) is 9.86. The Kier molecular flexibility index (Phi) is 4.71. The van der Waals surface area contributed by atoms with Crippen LogP contribution in [0.5, 0.6) is 5.75 Å². The summed E-state index contributed by atoms with van der Waals surface area (Å²) in [4.78, 5) is 8.89. The van der Waals surface area contributed by atoms with Gasteiger partial charge in [-0.05, 0) is 47.0 Å². The van der Waals surface area contributed by atoms with Crippen molar-refractivity contribution in [2.24, 2.45) is 7.05 Å². The van der Waals surface area contributed by atoms with Gasteiger partial charge in [-0.15, -0.1) is 0 Å². The lowest BCUT2D eigenvalue weighted by atomic mass is 10.0. The predicted octanol–water partition coefficient (Wildman–Crippen LogP) is 4.94. The lowest BCUT2D eigenvalue weighted by Crippen LogP contribution is -2.04. The van der Waals surface area contributed by atoms with Gasteiger partial charge in [0.25, 0.3) is 0 Å². The molecule has 1 N–H and O–H groups in total. The van der Waals surface area contributed by atoms with Crippen LogP contribution >= 0.6 is 0 Å². The van der Waals surface area contributed by atoms with E-state index in [0.717, 1.165) is 33.0 Å². The number of anilines is 1. The van der Waals surface area contributed by atoms with Crippen LogP contribution in [0.1, 0.15) is 5.56 Å². The molecule has 0 aliphatic carbocycles. The SMILES string of the molecule is COc1cc(-c2ccc(F)cc2)cc2c(NCc3cccc4c3cnn4C)ncnc12. The molecule has 3 aromatic carbocycles. The molecule has 0 bridgehead atoms. The van der Waals surface area contributed by atoms with Crippen LogP contribution in [-0.2, 0) is 13.6 Å². The highest BCUT2D eigenvalue weighted by atomic mass is 19.1. The minimum Gasteiger partial charge on any atom is -0.494 e. The topological polar surface area (TPSA) is 64.9 Å². The van der Waals surface area contributed by atoms with E-state index in [4.69, 9.17) is 4.74 Å². The Bertz CT molecular complexity index is 1400. The molecule has 5 rings (SSSR count). The first kappa shape index (κ1) is 19.0. The molecule has 0 aliphatic rings. The van der Waals surface area contributed by atoms with Crippen LogP contribution in [0.4, 0.5) is 10.2 Å².